The monoisotopic (exact) mass is 462 g/mol. The molecule has 1 heterocycles. The number of benzene rings is 1. The number of aliphatic hydroxyl groups is 1. The predicted molar refractivity (Wildman–Crippen MR) is 120 cm³/mol. The Balaban J connectivity index is 1.37. The molecule has 5 rings (SSSR count). The lowest BCUT2D eigenvalue weighted by Crippen LogP contribution is -2.31. The first kappa shape index (κ1) is 21.0. The van der Waals surface area contributed by atoms with Gasteiger partial charge in [0, 0.05) is 28.3 Å². The summed E-state index contributed by atoms with van der Waals surface area (Å²) in [5.74, 6) is 0.923. The Morgan fingerprint density at radius 1 is 1.13 bits per heavy atom. The topological polar surface area (TPSA) is 91.6 Å². The molecule has 1 aromatic heterocycles. The molecule has 1 saturated carbocycles. The van der Waals surface area contributed by atoms with E-state index in [2.05, 4.69) is 10.0 Å². The fraction of sp³-hybridized carbons (Fsp3) is 0.522. The summed E-state index contributed by atoms with van der Waals surface area (Å²) in [6.07, 6.45) is 7.66. The van der Waals surface area contributed by atoms with Crippen LogP contribution in [0, 0.1) is 0 Å². The lowest BCUT2D eigenvalue weighted by molar-refractivity contribution is 0.0765. The number of hydrogen-bond acceptors (Lipinski definition) is 4. The van der Waals surface area contributed by atoms with E-state index in [-0.39, 0.29) is 11.0 Å². The molecule has 6 nitrogen and oxygen atoms in total. The van der Waals surface area contributed by atoms with Crippen LogP contribution < -0.4 is 10.0 Å². The normalized spacial score (nSPS) is 18.6. The SMILES string of the molecule is CC(C)(O)c1cc(S(=O)NC(=O)Nc2c3c(c(Cl)c4c2CCC4)CCC3)oc1C1CC1. The highest BCUT2D eigenvalue weighted by atomic mass is 35.5. The van der Waals surface area contributed by atoms with Crippen molar-refractivity contribution in [2.24, 2.45) is 0 Å². The van der Waals surface area contributed by atoms with Crippen LogP contribution >= 0.6 is 11.6 Å². The van der Waals surface area contributed by atoms with E-state index in [0.29, 0.717) is 11.3 Å². The van der Waals surface area contributed by atoms with Crippen LogP contribution in [0.25, 0.3) is 0 Å². The van der Waals surface area contributed by atoms with Crippen LogP contribution in [0.2, 0.25) is 5.02 Å². The van der Waals surface area contributed by atoms with E-state index in [4.69, 9.17) is 16.0 Å². The van der Waals surface area contributed by atoms with Crippen molar-refractivity contribution in [1.29, 1.82) is 0 Å². The molecule has 1 aromatic carbocycles. The van der Waals surface area contributed by atoms with Crippen LogP contribution in [0.1, 0.15) is 79.0 Å². The average Bonchev–Trinajstić information content (AvgIpc) is 3.15. The third-order valence-electron chi connectivity index (χ3n) is 6.52. The van der Waals surface area contributed by atoms with Gasteiger partial charge >= 0.3 is 6.03 Å². The number of fused-ring (bicyclic) bond motifs is 2. The summed E-state index contributed by atoms with van der Waals surface area (Å²) >= 11 is 6.65. The summed E-state index contributed by atoms with van der Waals surface area (Å²) in [5, 5.41) is 14.4. The molecule has 0 spiro atoms. The highest BCUT2D eigenvalue weighted by Crippen LogP contribution is 2.46. The van der Waals surface area contributed by atoms with Crippen LogP contribution in [0.3, 0.4) is 0 Å². The predicted octanol–water partition coefficient (Wildman–Crippen LogP) is 4.86. The van der Waals surface area contributed by atoms with Gasteiger partial charge < -0.3 is 14.8 Å². The van der Waals surface area contributed by atoms with Gasteiger partial charge in [0.15, 0.2) is 11.0 Å². The number of halogens is 1. The Labute approximate surface area is 189 Å². The highest BCUT2D eigenvalue weighted by molar-refractivity contribution is 7.83. The van der Waals surface area contributed by atoms with Gasteiger partial charge in [-0.3, -0.25) is 0 Å². The minimum Gasteiger partial charge on any atom is -0.450 e. The van der Waals surface area contributed by atoms with E-state index in [1.54, 1.807) is 19.9 Å². The fourth-order valence-corrected chi connectivity index (χ4v) is 6.04. The summed E-state index contributed by atoms with van der Waals surface area (Å²) in [6.45, 7) is 3.36. The first-order valence-electron chi connectivity index (χ1n) is 10.9. The van der Waals surface area contributed by atoms with Crippen LogP contribution in [0.4, 0.5) is 10.5 Å². The molecule has 3 aliphatic carbocycles. The number of anilines is 1. The molecule has 0 radical (unpaired) electrons. The van der Waals surface area contributed by atoms with Crippen molar-refractivity contribution >= 4 is 34.3 Å². The molecule has 0 aliphatic heterocycles. The highest BCUT2D eigenvalue weighted by Gasteiger charge is 2.36. The van der Waals surface area contributed by atoms with Crippen molar-refractivity contribution in [3.63, 3.8) is 0 Å². The molecule has 8 heteroatoms. The number of hydrogen-bond donors (Lipinski definition) is 3. The Morgan fingerprint density at radius 2 is 1.71 bits per heavy atom. The maximum atomic E-state index is 12.8. The van der Waals surface area contributed by atoms with Crippen LogP contribution in [-0.2, 0) is 42.3 Å². The second kappa shape index (κ2) is 7.64. The number of carbonyl (C=O) groups is 1. The van der Waals surface area contributed by atoms with Gasteiger partial charge in [-0.15, -0.1) is 0 Å². The van der Waals surface area contributed by atoms with Gasteiger partial charge in [0.05, 0.1) is 5.60 Å². The van der Waals surface area contributed by atoms with Gasteiger partial charge in [0.2, 0.25) is 5.09 Å². The smallest absolute Gasteiger partial charge is 0.331 e. The van der Waals surface area contributed by atoms with Crippen molar-refractivity contribution in [1.82, 2.24) is 4.72 Å². The quantitative estimate of drug-likeness (QED) is 0.591. The fourth-order valence-electron chi connectivity index (χ4n) is 4.91. The Bertz CT molecular complexity index is 1060. The van der Waals surface area contributed by atoms with Crippen molar-refractivity contribution < 1.29 is 18.5 Å². The molecular formula is C23H27ClN2O4S. The number of urea groups is 1. The second-order valence-electron chi connectivity index (χ2n) is 9.31. The Kier molecular flexibility index (Phi) is 5.19. The van der Waals surface area contributed by atoms with E-state index in [9.17, 15) is 14.1 Å². The molecule has 1 unspecified atom stereocenters. The molecule has 1 atom stereocenters. The maximum absolute atomic E-state index is 12.8. The molecule has 3 aliphatic rings. The number of nitrogens with one attached hydrogen (secondary N) is 2. The van der Waals surface area contributed by atoms with E-state index >= 15 is 0 Å². The lowest BCUT2D eigenvalue weighted by atomic mass is 9.97. The van der Waals surface area contributed by atoms with Gasteiger partial charge in [-0.2, -0.15) is 0 Å². The van der Waals surface area contributed by atoms with E-state index in [1.165, 1.54) is 0 Å². The largest absolute Gasteiger partial charge is 0.450 e. The van der Waals surface area contributed by atoms with Gasteiger partial charge in [-0.25, -0.2) is 13.7 Å². The minimum atomic E-state index is -1.87. The van der Waals surface area contributed by atoms with E-state index < -0.39 is 22.6 Å². The number of carbonyl (C=O) groups excluding carboxylic acids is 1. The minimum absolute atomic E-state index is 0.153. The molecular weight excluding hydrogens is 436 g/mol. The summed E-state index contributed by atoms with van der Waals surface area (Å²) in [7, 11) is -1.87. The van der Waals surface area contributed by atoms with Crippen molar-refractivity contribution in [2.75, 3.05) is 5.32 Å². The summed E-state index contributed by atoms with van der Waals surface area (Å²) < 4.78 is 21.2. The standard InChI is InChI=1S/C23H27ClN2O4S/c1-23(2,28)17-11-18(30-21(17)12-9-10-12)31(29)26-22(27)25-20-15-7-3-5-13(15)19(24)14-6-4-8-16(14)20/h11-12,28H,3-10H2,1-2H3,(H2,25,26,27). The molecule has 166 valence electrons. The average molecular weight is 463 g/mol. The number of amides is 2. The summed E-state index contributed by atoms with van der Waals surface area (Å²) in [5.41, 5.74) is 4.90. The van der Waals surface area contributed by atoms with Gasteiger partial charge in [0.25, 0.3) is 0 Å². The van der Waals surface area contributed by atoms with Crippen LogP contribution in [0.15, 0.2) is 15.6 Å². The summed E-state index contributed by atoms with van der Waals surface area (Å²) in [6, 6.07) is 1.07. The summed E-state index contributed by atoms with van der Waals surface area (Å²) in [4.78, 5) is 12.8. The zero-order chi connectivity index (χ0) is 21.9. The van der Waals surface area contributed by atoms with E-state index in [1.807, 2.05) is 0 Å². The van der Waals surface area contributed by atoms with Crippen LogP contribution in [-0.4, -0.2) is 15.3 Å². The molecule has 0 bridgehead atoms. The Morgan fingerprint density at radius 3 is 2.26 bits per heavy atom. The van der Waals surface area contributed by atoms with Crippen molar-refractivity contribution in [3.05, 3.63) is 44.7 Å². The first-order valence-corrected chi connectivity index (χ1v) is 12.5. The number of rotatable bonds is 5. The van der Waals surface area contributed by atoms with Gasteiger partial charge in [-0.1, -0.05) is 11.6 Å². The van der Waals surface area contributed by atoms with Crippen LogP contribution in [0.5, 0.6) is 0 Å². The van der Waals surface area contributed by atoms with Crippen molar-refractivity contribution in [2.45, 2.75) is 81.8 Å². The zero-order valence-electron chi connectivity index (χ0n) is 17.8. The molecule has 31 heavy (non-hydrogen) atoms. The lowest BCUT2D eigenvalue weighted by Gasteiger charge is -2.18. The third kappa shape index (κ3) is 3.81. The number of furan rings is 1. The molecule has 2 aromatic rings. The third-order valence-corrected chi connectivity index (χ3v) is 7.91. The molecule has 3 N–H and O–H groups in total. The Hall–Kier alpha value is -1.83. The van der Waals surface area contributed by atoms with Gasteiger partial charge in [0.1, 0.15) is 5.76 Å². The zero-order valence-corrected chi connectivity index (χ0v) is 19.3. The molecule has 0 saturated heterocycles. The molecule has 1 fully saturated rings. The van der Waals surface area contributed by atoms with E-state index in [0.717, 1.165) is 84.3 Å². The molecule has 2 amide bonds. The second-order valence-corrected chi connectivity index (χ2v) is 10.8. The first-order chi connectivity index (χ1) is 14.7. The maximum Gasteiger partial charge on any atom is 0.331 e. The van der Waals surface area contributed by atoms with Gasteiger partial charge in [-0.05, 0) is 87.5 Å². The van der Waals surface area contributed by atoms with Crippen molar-refractivity contribution in [3.8, 4) is 0 Å².